The molecule has 0 saturated heterocycles. The maximum atomic E-state index is 11.5. The molecule has 0 aromatic heterocycles. The smallest absolute Gasteiger partial charge is 0.351 e. The molecule has 1 aromatic carbocycles. The summed E-state index contributed by atoms with van der Waals surface area (Å²) in [5.41, 5.74) is 0.795. The number of methoxy groups -OCH3 is 1. The van der Waals surface area contributed by atoms with Gasteiger partial charge < -0.3 is 9.47 Å². The van der Waals surface area contributed by atoms with Crippen molar-refractivity contribution in [1.29, 1.82) is 0 Å². The van der Waals surface area contributed by atoms with Crippen LogP contribution in [0.25, 0.3) is 0 Å². The van der Waals surface area contributed by atoms with E-state index >= 15 is 0 Å². The van der Waals surface area contributed by atoms with E-state index in [1.54, 1.807) is 30.3 Å². The van der Waals surface area contributed by atoms with Crippen molar-refractivity contribution in [3.8, 4) is 0 Å². The van der Waals surface area contributed by atoms with Gasteiger partial charge in [0.1, 0.15) is 0 Å². The van der Waals surface area contributed by atoms with Gasteiger partial charge in [-0.25, -0.2) is 9.59 Å². The Morgan fingerprint density at radius 2 is 1.82 bits per heavy atom. The van der Waals surface area contributed by atoms with E-state index in [9.17, 15) is 9.59 Å². The van der Waals surface area contributed by atoms with Gasteiger partial charge in [0.2, 0.25) is 6.10 Å². The first-order chi connectivity index (χ1) is 8.06. The van der Waals surface area contributed by atoms with E-state index < -0.39 is 18.0 Å². The molecule has 1 aromatic rings. The molecule has 0 aliphatic carbocycles. The van der Waals surface area contributed by atoms with Gasteiger partial charge in [0, 0.05) is 11.1 Å². The van der Waals surface area contributed by atoms with Crippen molar-refractivity contribution in [3.63, 3.8) is 0 Å². The number of benzene rings is 1. The highest BCUT2D eigenvalue weighted by Gasteiger charge is 2.25. The molecule has 0 aliphatic rings. The van der Waals surface area contributed by atoms with Gasteiger partial charge in [-0.05, 0) is 6.92 Å². The number of hydrogen-bond acceptors (Lipinski definition) is 4. The van der Waals surface area contributed by atoms with Crippen LogP contribution in [0.2, 0.25) is 0 Å². The van der Waals surface area contributed by atoms with Crippen LogP contribution in [0.1, 0.15) is 18.6 Å². The maximum Gasteiger partial charge on any atom is 0.351 e. The van der Waals surface area contributed by atoms with Gasteiger partial charge >= 0.3 is 11.9 Å². The van der Waals surface area contributed by atoms with Gasteiger partial charge in [-0.15, -0.1) is 0 Å². The zero-order valence-corrected chi connectivity index (χ0v) is 9.80. The first-order valence-corrected chi connectivity index (χ1v) is 5.05. The highest BCUT2D eigenvalue weighted by atomic mass is 16.6. The third kappa shape index (κ3) is 3.45. The second kappa shape index (κ2) is 5.84. The molecule has 1 atom stereocenters. The van der Waals surface area contributed by atoms with Crippen LogP contribution in [0.15, 0.2) is 42.5 Å². The second-order valence-electron chi connectivity index (χ2n) is 3.50. The molecule has 17 heavy (non-hydrogen) atoms. The maximum absolute atomic E-state index is 11.5. The number of carbonyl (C=O) groups excluding carboxylic acids is 2. The molecule has 0 bridgehead atoms. The standard InChI is InChI=1S/C13H14O4/c1-9(2)12(14)17-11(13(15)16-3)10-7-5-4-6-8-10/h4-8,11H,1H2,2-3H3. The van der Waals surface area contributed by atoms with E-state index in [1.165, 1.54) is 14.0 Å². The van der Waals surface area contributed by atoms with E-state index in [0.717, 1.165) is 0 Å². The van der Waals surface area contributed by atoms with Crippen molar-refractivity contribution in [3.05, 3.63) is 48.0 Å². The third-order valence-corrected chi connectivity index (χ3v) is 2.09. The Kier molecular flexibility index (Phi) is 4.46. The minimum Gasteiger partial charge on any atom is -0.466 e. The highest BCUT2D eigenvalue weighted by molar-refractivity contribution is 5.89. The molecule has 90 valence electrons. The van der Waals surface area contributed by atoms with Gasteiger partial charge in [-0.2, -0.15) is 0 Å². The summed E-state index contributed by atoms with van der Waals surface area (Å²) < 4.78 is 9.64. The first-order valence-electron chi connectivity index (χ1n) is 5.05. The second-order valence-corrected chi connectivity index (χ2v) is 3.50. The average molecular weight is 234 g/mol. The number of carbonyl (C=O) groups is 2. The summed E-state index contributed by atoms with van der Waals surface area (Å²) in [5, 5.41) is 0. The van der Waals surface area contributed by atoms with Gasteiger partial charge in [0.05, 0.1) is 7.11 Å². The van der Waals surface area contributed by atoms with Gasteiger partial charge in [0.25, 0.3) is 0 Å². The first kappa shape index (κ1) is 13.0. The molecule has 4 nitrogen and oxygen atoms in total. The minimum atomic E-state index is -1.05. The Balaban J connectivity index is 2.93. The van der Waals surface area contributed by atoms with Crippen molar-refractivity contribution in [1.82, 2.24) is 0 Å². The number of ether oxygens (including phenoxy) is 2. The summed E-state index contributed by atoms with van der Waals surface area (Å²) in [7, 11) is 1.24. The number of rotatable bonds is 4. The molecular formula is C13H14O4. The Bertz CT molecular complexity index is 422. The van der Waals surface area contributed by atoms with Crippen LogP contribution >= 0.6 is 0 Å². The summed E-state index contributed by atoms with van der Waals surface area (Å²) in [6.45, 7) is 4.98. The molecule has 0 aliphatic heterocycles. The number of hydrogen-bond donors (Lipinski definition) is 0. The fraction of sp³-hybridized carbons (Fsp3) is 0.231. The van der Waals surface area contributed by atoms with Crippen molar-refractivity contribution >= 4 is 11.9 Å². The molecule has 0 amide bonds. The molecule has 0 fully saturated rings. The summed E-state index contributed by atoms with van der Waals surface area (Å²) >= 11 is 0. The average Bonchev–Trinajstić information content (AvgIpc) is 2.35. The van der Waals surface area contributed by atoms with E-state index in [-0.39, 0.29) is 5.57 Å². The molecule has 1 unspecified atom stereocenters. The fourth-order valence-electron chi connectivity index (χ4n) is 1.19. The van der Waals surface area contributed by atoms with E-state index in [2.05, 4.69) is 11.3 Å². The van der Waals surface area contributed by atoms with Crippen LogP contribution in [-0.2, 0) is 19.1 Å². The third-order valence-electron chi connectivity index (χ3n) is 2.09. The zero-order chi connectivity index (χ0) is 12.8. The van der Waals surface area contributed by atoms with Crippen molar-refractivity contribution in [2.75, 3.05) is 7.11 Å². The largest absolute Gasteiger partial charge is 0.466 e. The topological polar surface area (TPSA) is 52.6 Å². The van der Waals surface area contributed by atoms with Crippen LogP contribution < -0.4 is 0 Å². The molecule has 0 saturated carbocycles. The predicted octanol–water partition coefficient (Wildman–Crippen LogP) is 2.02. The van der Waals surface area contributed by atoms with Gasteiger partial charge in [0.15, 0.2) is 0 Å². The Hall–Kier alpha value is -2.10. The van der Waals surface area contributed by atoms with E-state index in [0.29, 0.717) is 5.56 Å². The summed E-state index contributed by atoms with van der Waals surface area (Å²) in [4.78, 5) is 23.0. The molecule has 4 heteroatoms. The monoisotopic (exact) mass is 234 g/mol. The van der Waals surface area contributed by atoms with Crippen molar-refractivity contribution < 1.29 is 19.1 Å². The molecular weight excluding hydrogens is 220 g/mol. The van der Waals surface area contributed by atoms with Crippen LogP contribution in [0.4, 0.5) is 0 Å². The molecule has 0 radical (unpaired) electrons. The summed E-state index contributed by atoms with van der Waals surface area (Å²) in [6.07, 6.45) is -1.05. The summed E-state index contributed by atoms with van der Waals surface area (Å²) in [6, 6.07) is 8.68. The lowest BCUT2D eigenvalue weighted by molar-refractivity contribution is -0.164. The summed E-state index contributed by atoms with van der Waals surface area (Å²) in [5.74, 6) is -1.24. The van der Waals surface area contributed by atoms with E-state index in [1.807, 2.05) is 0 Å². The van der Waals surface area contributed by atoms with Gasteiger partial charge in [-0.1, -0.05) is 36.9 Å². The molecule has 1 rings (SSSR count). The molecule has 0 N–H and O–H groups in total. The Morgan fingerprint density at radius 1 is 1.24 bits per heavy atom. The lowest BCUT2D eigenvalue weighted by atomic mass is 10.1. The van der Waals surface area contributed by atoms with E-state index in [4.69, 9.17) is 4.74 Å². The normalized spacial score (nSPS) is 11.4. The zero-order valence-electron chi connectivity index (χ0n) is 9.80. The predicted molar refractivity (Wildman–Crippen MR) is 62.1 cm³/mol. The Morgan fingerprint density at radius 3 is 2.29 bits per heavy atom. The van der Waals surface area contributed by atoms with Gasteiger partial charge in [-0.3, -0.25) is 0 Å². The van der Waals surface area contributed by atoms with Crippen LogP contribution in [0.3, 0.4) is 0 Å². The van der Waals surface area contributed by atoms with Crippen molar-refractivity contribution in [2.24, 2.45) is 0 Å². The fourth-order valence-corrected chi connectivity index (χ4v) is 1.19. The lowest BCUT2D eigenvalue weighted by Gasteiger charge is -2.15. The van der Waals surface area contributed by atoms with Crippen molar-refractivity contribution in [2.45, 2.75) is 13.0 Å². The Labute approximate surface area is 99.8 Å². The molecule has 0 heterocycles. The SMILES string of the molecule is C=C(C)C(=O)OC(C(=O)OC)c1ccccc1. The van der Waals surface area contributed by atoms with Crippen LogP contribution in [0.5, 0.6) is 0 Å². The lowest BCUT2D eigenvalue weighted by Crippen LogP contribution is -2.21. The molecule has 0 spiro atoms. The highest BCUT2D eigenvalue weighted by Crippen LogP contribution is 2.19. The van der Waals surface area contributed by atoms with Crippen LogP contribution in [-0.4, -0.2) is 19.0 Å². The van der Waals surface area contributed by atoms with Crippen LogP contribution in [0, 0.1) is 0 Å². The number of esters is 2. The quantitative estimate of drug-likeness (QED) is 0.590. The minimum absolute atomic E-state index is 0.231.